The molecule has 2 aliphatic rings. The Hall–Kier alpha value is -1.65. The minimum absolute atomic E-state index is 0.157. The predicted molar refractivity (Wildman–Crippen MR) is 73.4 cm³/mol. The number of pyridine rings is 1. The molecule has 3 rings (SSSR count). The average Bonchev–Trinajstić information content (AvgIpc) is 2.40. The molecule has 102 valence electrons. The molecule has 1 saturated heterocycles. The van der Waals surface area contributed by atoms with Gasteiger partial charge in [-0.1, -0.05) is 19.3 Å². The van der Waals surface area contributed by atoms with Gasteiger partial charge in [0.05, 0.1) is 4.92 Å². The zero-order valence-electron chi connectivity index (χ0n) is 11.3. The van der Waals surface area contributed by atoms with Crippen LogP contribution < -0.4 is 4.90 Å². The van der Waals surface area contributed by atoms with E-state index in [-0.39, 0.29) is 16.1 Å². The molecule has 0 aromatic carbocycles. The van der Waals surface area contributed by atoms with Gasteiger partial charge < -0.3 is 4.90 Å². The highest BCUT2D eigenvalue weighted by molar-refractivity contribution is 5.62. The van der Waals surface area contributed by atoms with Gasteiger partial charge in [0.1, 0.15) is 0 Å². The maximum atomic E-state index is 11.2. The third-order valence-corrected chi connectivity index (χ3v) is 4.59. The summed E-state index contributed by atoms with van der Waals surface area (Å²) in [4.78, 5) is 17.5. The summed E-state index contributed by atoms with van der Waals surface area (Å²) >= 11 is 0. The Morgan fingerprint density at radius 1 is 1.32 bits per heavy atom. The highest BCUT2D eigenvalue weighted by Gasteiger charge is 2.47. The molecular weight excluding hydrogens is 242 g/mol. The molecule has 0 bridgehead atoms. The molecule has 0 amide bonds. The quantitative estimate of drug-likeness (QED) is 0.606. The lowest BCUT2D eigenvalue weighted by atomic mass is 9.72. The summed E-state index contributed by atoms with van der Waals surface area (Å²) in [6.45, 7) is 2.74. The van der Waals surface area contributed by atoms with E-state index in [1.165, 1.54) is 19.3 Å². The SMILES string of the molecule is Cc1cnc(N2CCC23CCCCC3)c([N+](=O)[O-])c1. The summed E-state index contributed by atoms with van der Waals surface area (Å²) in [6, 6.07) is 1.64. The summed E-state index contributed by atoms with van der Waals surface area (Å²) in [5.41, 5.74) is 1.16. The molecular formula is C14H19N3O2. The van der Waals surface area contributed by atoms with Crippen molar-refractivity contribution in [3.05, 3.63) is 27.9 Å². The lowest BCUT2D eigenvalue weighted by Gasteiger charge is -2.55. The summed E-state index contributed by atoms with van der Waals surface area (Å²) in [7, 11) is 0. The Labute approximate surface area is 112 Å². The molecule has 1 aliphatic heterocycles. The lowest BCUT2D eigenvalue weighted by molar-refractivity contribution is -0.384. The van der Waals surface area contributed by atoms with Gasteiger partial charge in [-0.2, -0.15) is 0 Å². The second-order valence-corrected chi connectivity index (χ2v) is 5.80. The monoisotopic (exact) mass is 261 g/mol. The van der Waals surface area contributed by atoms with Crippen molar-refractivity contribution in [2.75, 3.05) is 11.4 Å². The minimum Gasteiger partial charge on any atom is -0.345 e. The van der Waals surface area contributed by atoms with Crippen molar-refractivity contribution in [2.24, 2.45) is 0 Å². The summed E-state index contributed by atoms with van der Waals surface area (Å²) in [6.07, 6.45) is 8.95. The van der Waals surface area contributed by atoms with E-state index in [4.69, 9.17) is 0 Å². The van der Waals surface area contributed by atoms with Crippen molar-refractivity contribution in [2.45, 2.75) is 51.0 Å². The third-order valence-electron chi connectivity index (χ3n) is 4.59. The predicted octanol–water partition coefficient (Wildman–Crippen LogP) is 3.21. The van der Waals surface area contributed by atoms with Gasteiger partial charge in [-0.3, -0.25) is 10.1 Å². The Bertz CT molecular complexity index is 509. The van der Waals surface area contributed by atoms with Crippen molar-refractivity contribution in [3.8, 4) is 0 Å². The number of aromatic nitrogens is 1. The van der Waals surface area contributed by atoms with Crippen LogP contribution >= 0.6 is 0 Å². The van der Waals surface area contributed by atoms with Gasteiger partial charge in [0.15, 0.2) is 0 Å². The first-order valence-electron chi connectivity index (χ1n) is 7.01. The molecule has 1 saturated carbocycles. The van der Waals surface area contributed by atoms with E-state index in [1.807, 2.05) is 6.92 Å². The van der Waals surface area contributed by atoms with Crippen molar-refractivity contribution in [1.82, 2.24) is 4.98 Å². The number of nitrogens with zero attached hydrogens (tertiary/aromatic N) is 3. The third kappa shape index (κ3) is 1.97. The van der Waals surface area contributed by atoms with Gasteiger partial charge in [-0.05, 0) is 31.7 Å². The molecule has 0 unspecified atom stereocenters. The van der Waals surface area contributed by atoms with Crippen LogP contribution in [0.4, 0.5) is 11.5 Å². The summed E-state index contributed by atoms with van der Waals surface area (Å²) < 4.78 is 0. The first kappa shape index (κ1) is 12.4. The number of rotatable bonds is 2. The van der Waals surface area contributed by atoms with E-state index in [9.17, 15) is 10.1 Å². The molecule has 0 N–H and O–H groups in total. The Balaban J connectivity index is 1.96. The van der Waals surface area contributed by atoms with E-state index >= 15 is 0 Å². The Morgan fingerprint density at radius 2 is 2.05 bits per heavy atom. The molecule has 2 fully saturated rings. The Kier molecular flexibility index (Phi) is 2.92. The number of hydrogen-bond acceptors (Lipinski definition) is 4. The standard InChI is InChI=1S/C14H19N3O2/c1-11-9-12(17(18)19)13(15-10-11)16-8-7-14(16)5-3-2-4-6-14/h9-10H,2-8H2,1H3. The van der Waals surface area contributed by atoms with Crippen LogP contribution in [-0.4, -0.2) is 22.0 Å². The molecule has 5 nitrogen and oxygen atoms in total. The lowest BCUT2D eigenvalue weighted by Crippen LogP contribution is -2.61. The van der Waals surface area contributed by atoms with Crippen LogP contribution in [0.15, 0.2) is 12.3 Å². The minimum atomic E-state index is -0.301. The van der Waals surface area contributed by atoms with Crippen LogP contribution in [0.5, 0.6) is 0 Å². The summed E-state index contributed by atoms with van der Waals surface area (Å²) in [5.74, 6) is 0.573. The number of anilines is 1. The highest BCUT2D eigenvalue weighted by Crippen LogP contribution is 2.47. The second-order valence-electron chi connectivity index (χ2n) is 5.80. The van der Waals surface area contributed by atoms with E-state index < -0.39 is 0 Å². The van der Waals surface area contributed by atoms with Gasteiger partial charge in [0.2, 0.25) is 5.82 Å². The van der Waals surface area contributed by atoms with Crippen LogP contribution in [0.2, 0.25) is 0 Å². The summed E-state index contributed by atoms with van der Waals surface area (Å²) in [5, 5.41) is 11.2. The van der Waals surface area contributed by atoms with E-state index in [0.717, 1.165) is 31.4 Å². The first-order chi connectivity index (χ1) is 9.12. The molecule has 5 heteroatoms. The van der Waals surface area contributed by atoms with Crippen LogP contribution in [0.1, 0.15) is 44.1 Å². The van der Waals surface area contributed by atoms with Gasteiger partial charge in [0.25, 0.3) is 0 Å². The van der Waals surface area contributed by atoms with Crippen LogP contribution in [0.25, 0.3) is 0 Å². The van der Waals surface area contributed by atoms with Crippen LogP contribution in [-0.2, 0) is 0 Å². The average molecular weight is 261 g/mol. The topological polar surface area (TPSA) is 59.3 Å². The van der Waals surface area contributed by atoms with Crippen LogP contribution in [0, 0.1) is 17.0 Å². The highest BCUT2D eigenvalue weighted by atomic mass is 16.6. The fourth-order valence-corrected chi connectivity index (χ4v) is 3.49. The molecule has 1 aliphatic carbocycles. The van der Waals surface area contributed by atoms with E-state index in [2.05, 4.69) is 9.88 Å². The Morgan fingerprint density at radius 3 is 2.63 bits per heavy atom. The number of nitro groups is 1. The molecule has 1 aromatic heterocycles. The first-order valence-corrected chi connectivity index (χ1v) is 7.01. The normalized spacial score (nSPS) is 21.2. The maximum absolute atomic E-state index is 11.2. The van der Waals surface area contributed by atoms with Gasteiger partial charge in [-0.15, -0.1) is 0 Å². The van der Waals surface area contributed by atoms with Crippen LogP contribution in [0.3, 0.4) is 0 Å². The zero-order chi connectivity index (χ0) is 13.5. The van der Waals surface area contributed by atoms with E-state index in [1.54, 1.807) is 12.3 Å². The van der Waals surface area contributed by atoms with Gasteiger partial charge in [0, 0.05) is 24.3 Å². The molecule has 1 aromatic rings. The molecule has 19 heavy (non-hydrogen) atoms. The fourth-order valence-electron chi connectivity index (χ4n) is 3.49. The van der Waals surface area contributed by atoms with Gasteiger partial charge >= 0.3 is 5.69 Å². The fraction of sp³-hybridized carbons (Fsp3) is 0.643. The van der Waals surface area contributed by atoms with E-state index in [0.29, 0.717) is 5.82 Å². The van der Waals surface area contributed by atoms with Crippen molar-refractivity contribution in [1.29, 1.82) is 0 Å². The number of hydrogen-bond donors (Lipinski definition) is 0. The largest absolute Gasteiger partial charge is 0.345 e. The smallest absolute Gasteiger partial charge is 0.311 e. The van der Waals surface area contributed by atoms with Crippen molar-refractivity contribution < 1.29 is 4.92 Å². The second kappa shape index (κ2) is 4.47. The molecule has 2 heterocycles. The molecule has 0 atom stereocenters. The molecule has 0 radical (unpaired) electrons. The molecule has 1 spiro atoms. The number of aryl methyl sites for hydroxylation is 1. The zero-order valence-corrected chi connectivity index (χ0v) is 11.3. The maximum Gasteiger partial charge on any atom is 0.311 e. The van der Waals surface area contributed by atoms with Gasteiger partial charge in [-0.25, -0.2) is 4.98 Å². The van der Waals surface area contributed by atoms with Crippen molar-refractivity contribution in [3.63, 3.8) is 0 Å². The van der Waals surface area contributed by atoms with Crippen molar-refractivity contribution >= 4 is 11.5 Å².